The number of nitrogens with two attached hydrogens (primary N) is 1. The maximum absolute atomic E-state index is 12.3. The van der Waals surface area contributed by atoms with Gasteiger partial charge >= 0.3 is 5.69 Å². The molecule has 1 atom stereocenters. The lowest BCUT2D eigenvalue weighted by Crippen LogP contribution is -2.34. The molecule has 2 heterocycles. The monoisotopic (exact) mass is 316 g/mol. The van der Waals surface area contributed by atoms with Crippen molar-refractivity contribution in [1.82, 2.24) is 14.9 Å². The summed E-state index contributed by atoms with van der Waals surface area (Å²) in [5.74, 6) is 0.221. The van der Waals surface area contributed by atoms with E-state index in [0.29, 0.717) is 13.0 Å². The van der Waals surface area contributed by atoms with Crippen molar-refractivity contribution in [3.63, 3.8) is 0 Å². The van der Waals surface area contributed by atoms with E-state index in [1.807, 2.05) is 23.1 Å². The molecule has 1 aromatic carbocycles. The molecule has 1 aliphatic heterocycles. The highest BCUT2D eigenvalue weighted by Gasteiger charge is 2.34. The number of fused-ring (bicyclic) bond motifs is 1. The summed E-state index contributed by atoms with van der Waals surface area (Å²) < 4.78 is 0. The average Bonchev–Trinajstić information content (AvgIpc) is 3.09. The number of aryl methyl sites for hydroxylation is 1. The molecule has 3 rings (SSSR count). The van der Waals surface area contributed by atoms with Gasteiger partial charge in [-0.1, -0.05) is 13.0 Å². The van der Waals surface area contributed by atoms with Crippen LogP contribution in [0.5, 0.6) is 0 Å². The second-order valence-electron chi connectivity index (χ2n) is 6.89. The molecule has 1 unspecified atom stereocenters. The number of aromatic amines is 2. The van der Waals surface area contributed by atoms with E-state index >= 15 is 0 Å². The van der Waals surface area contributed by atoms with Gasteiger partial charge in [0.2, 0.25) is 5.91 Å². The molecule has 0 radical (unpaired) electrons. The minimum absolute atomic E-state index is 0.0842. The third-order valence-corrected chi connectivity index (χ3v) is 4.84. The predicted molar refractivity (Wildman–Crippen MR) is 90.2 cm³/mol. The topological polar surface area (TPSA) is 95.0 Å². The molecule has 1 fully saturated rings. The quantitative estimate of drug-likeness (QED) is 0.777. The molecule has 6 heteroatoms. The zero-order valence-corrected chi connectivity index (χ0v) is 13.5. The molecule has 0 bridgehead atoms. The number of benzene rings is 1. The van der Waals surface area contributed by atoms with Crippen LogP contribution in [0.1, 0.15) is 31.7 Å². The number of carbonyl (C=O) groups is 1. The Labute approximate surface area is 135 Å². The number of imidazole rings is 1. The van der Waals surface area contributed by atoms with Gasteiger partial charge in [-0.2, -0.15) is 0 Å². The molecular weight excluding hydrogens is 292 g/mol. The predicted octanol–water partition coefficient (Wildman–Crippen LogP) is 1.38. The zero-order chi connectivity index (χ0) is 16.4. The lowest BCUT2D eigenvalue weighted by Gasteiger charge is -2.22. The number of rotatable bonds is 5. The van der Waals surface area contributed by atoms with E-state index in [1.165, 1.54) is 0 Å². The number of nitrogens with zero attached hydrogens (tertiary/aromatic N) is 1. The van der Waals surface area contributed by atoms with Crippen molar-refractivity contribution in [2.24, 2.45) is 11.1 Å². The maximum atomic E-state index is 12.3. The van der Waals surface area contributed by atoms with E-state index in [1.54, 1.807) is 0 Å². The lowest BCUT2D eigenvalue weighted by molar-refractivity contribution is -0.130. The molecule has 2 aromatic rings. The molecule has 23 heavy (non-hydrogen) atoms. The van der Waals surface area contributed by atoms with Gasteiger partial charge in [-0.05, 0) is 48.9 Å². The van der Waals surface area contributed by atoms with Crippen molar-refractivity contribution >= 4 is 16.9 Å². The summed E-state index contributed by atoms with van der Waals surface area (Å²) in [6.45, 7) is 4.38. The molecule has 4 N–H and O–H groups in total. The van der Waals surface area contributed by atoms with Crippen molar-refractivity contribution in [1.29, 1.82) is 0 Å². The molecule has 1 amide bonds. The minimum Gasteiger partial charge on any atom is -0.342 e. The summed E-state index contributed by atoms with van der Waals surface area (Å²) >= 11 is 0. The highest BCUT2D eigenvalue weighted by Crippen LogP contribution is 2.29. The van der Waals surface area contributed by atoms with Crippen LogP contribution in [0.25, 0.3) is 11.0 Å². The molecule has 1 aromatic heterocycles. The van der Waals surface area contributed by atoms with Gasteiger partial charge < -0.3 is 20.6 Å². The van der Waals surface area contributed by atoms with E-state index in [4.69, 9.17) is 5.73 Å². The summed E-state index contributed by atoms with van der Waals surface area (Å²) in [7, 11) is 0. The first-order valence-corrected chi connectivity index (χ1v) is 8.18. The van der Waals surface area contributed by atoms with Crippen LogP contribution in [0.3, 0.4) is 0 Å². The molecule has 6 nitrogen and oxygen atoms in total. The van der Waals surface area contributed by atoms with Crippen LogP contribution in [0.4, 0.5) is 0 Å². The van der Waals surface area contributed by atoms with Crippen molar-refractivity contribution in [3.8, 4) is 0 Å². The highest BCUT2D eigenvalue weighted by atomic mass is 16.2. The lowest BCUT2D eigenvalue weighted by atomic mass is 9.90. The van der Waals surface area contributed by atoms with Gasteiger partial charge in [-0.3, -0.25) is 4.79 Å². The van der Waals surface area contributed by atoms with Crippen molar-refractivity contribution < 1.29 is 4.79 Å². The van der Waals surface area contributed by atoms with Gasteiger partial charge in [0.15, 0.2) is 0 Å². The van der Waals surface area contributed by atoms with Crippen LogP contribution >= 0.6 is 0 Å². The summed E-state index contributed by atoms with van der Waals surface area (Å²) in [5, 5.41) is 0. The number of carbonyl (C=O) groups excluding carboxylic acids is 1. The molecule has 0 spiro atoms. The molecule has 124 valence electrons. The Hall–Kier alpha value is -2.08. The Bertz CT molecular complexity index is 763. The number of H-pyrrole nitrogens is 2. The van der Waals surface area contributed by atoms with Crippen LogP contribution in [0.15, 0.2) is 23.0 Å². The first kappa shape index (κ1) is 15.8. The number of amides is 1. The highest BCUT2D eigenvalue weighted by molar-refractivity contribution is 5.77. The van der Waals surface area contributed by atoms with Crippen LogP contribution in [0.2, 0.25) is 0 Å². The molecule has 1 aliphatic rings. The number of hydrogen-bond acceptors (Lipinski definition) is 3. The molecule has 1 saturated heterocycles. The largest absolute Gasteiger partial charge is 0.342 e. The Morgan fingerprint density at radius 1 is 1.35 bits per heavy atom. The van der Waals surface area contributed by atoms with Crippen LogP contribution in [-0.4, -0.2) is 40.4 Å². The summed E-state index contributed by atoms with van der Waals surface area (Å²) in [5.41, 5.74) is 8.44. The van der Waals surface area contributed by atoms with Gasteiger partial charge in [0.05, 0.1) is 11.0 Å². The number of nitrogens with one attached hydrogen (secondary N) is 2. The number of likely N-dealkylation sites (tertiary alicyclic amines) is 1. The fourth-order valence-corrected chi connectivity index (χ4v) is 3.24. The van der Waals surface area contributed by atoms with Gasteiger partial charge in [0.1, 0.15) is 0 Å². The van der Waals surface area contributed by atoms with E-state index in [2.05, 4.69) is 16.9 Å². The Morgan fingerprint density at radius 2 is 2.13 bits per heavy atom. The van der Waals surface area contributed by atoms with Gasteiger partial charge in [0, 0.05) is 19.5 Å². The number of aromatic nitrogens is 2. The van der Waals surface area contributed by atoms with Crippen molar-refractivity contribution in [2.75, 3.05) is 19.6 Å². The van der Waals surface area contributed by atoms with E-state index in [0.717, 1.165) is 48.9 Å². The fourth-order valence-electron chi connectivity index (χ4n) is 3.24. The SMILES string of the molecule is CC1(CN)CCN(C(=O)CCCc2ccc3[nH]c(=O)[nH]c3c2)C1. The van der Waals surface area contributed by atoms with E-state index in [-0.39, 0.29) is 17.0 Å². The summed E-state index contributed by atoms with van der Waals surface area (Å²) in [6, 6.07) is 5.87. The summed E-state index contributed by atoms with van der Waals surface area (Å²) in [6.07, 6.45) is 3.20. The van der Waals surface area contributed by atoms with Gasteiger partial charge in [-0.15, -0.1) is 0 Å². The van der Waals surface area contributed by atoms with Crippen LogP contribution in [0, 0.1) is 5.41 Å². The Balaban J connectivity index is 1.52. The first-order valence-electron chi connectivity index (χ1n) is 8.18. The van der Waals surface area contributed by atoms with E-state index < -0.39 is 0 Å². The van der Waals surface area contributed by atoms with Crippen molar-refractivity contribution in [3.05, 3.63) is 34.2 Å². The first-order chi connectivity index (χ1) is 11.0. The van der Waals surface area contributed by atoms with Gasteiger partial charge in [0.25, 0.3) is 0 Å². The van der Waals surface area contributed by atoms with Gasteiger partial charge in [-0.25, -0.2) is 4.79 Å². The molecular formula is C17H24N4O2. The molecule has 0 aliphatic carbocycles. The Morgan fingerprint density at radius 3 is 2.87 bits per heavy atom. The fraction of sp³-hybridized carbons (Fsp3) is 0.529. The minimum atomic E-state index is -0.190. The van der Waals surface area contributed by atoms with Crippen LogP contribution in [-0.2, 0) is 11.2 Å². The van der Waals surface area contributed by atoms with Crippen molar-refractivity contribution in [2.45, 2.75) is 32.6 Å². The normalized spacial score (nSPS) is 21.2. The third-order valence-electron chi connectivity index (χ3n) is 4.84. The second kappa shape index (κ2) is 6.20. The molecule has 0 saturated carbocycles. The standard InChI is InChI=1S/C17H24N4O2/c1-17(10-18)7-8-21(11-17)15(22)4-2-3-12-5-6-13-14(9-12)20-16(23)19-13/h5-6,9H,2-4,7-8,10-11,18H2,1H3,(H2,19,20,23). The summed E-state index contributed by atoms with van der Waals surface area (Å²) in [4.78, 5) is 31.0. The van der Waals surface area contributed by atoms with E-state index in [9.17, 15) is 9.59 Å². The smallest absolute Gasteiger partial charge is 0.323 e. The second-order valence-corrected chi connectivity index (χ2v) is 6.89. The van der Waals surface area contributed by atoms with Crippen LogP contribution < -0.4 is 11.4 Å². The maximum Gasteiger partial charge on any atom is 0.323 e. The Kier molecular flexibility index (Phi) is 4.26. The zero-order valence-electron chi connectivity index (χ0n) is 13.5. The average molecular weight is 316 g/mol. The third kappa shape index (κ3) is 3.47. The number of hydrogen-bond donors (Lipinski definition) is 3.